The van der Waals surface area contributed by atoms with Gasteiger partial charge in [0, 0.05) is 6.54 Å². The van der Waals surface area contributed by atoms with E-state index >= 15 is 0 Å². The Hall–Kier alpha value is -4.48. The zero-order valence-corrected chi connectivity index (χ0v) is 33.8. The lowest BCUT2D eigenvalue weighted by Gasteiger charge is -2.30. The molecule has 310 valence electrons. The van der Waals surface area contributed by atoms with Crippen LogP contribution in [0.2, 0.25) is 0 Å². The summed E-state index contributed by atoms with van der Waals surface area (Å²) in [7, 11) is 0. The summed E-state index contributed by atoms with van der Waals surface area (Å²) in [5.41, 5.74) is 16.9. The molecule has 0 radical (unpaired) electrons. The molecule has 18 nitrogen and oxygen atoms in total. The predicted molar refractivity (Wildman–Crippen MR) is 206 cm³/mol. The van der Waals surface area contributed by atoms with E-state index in [4.69, 9.17) is 17.2 Å². The van der Waals surface area contributed by atoms with Crippen LogP contribution in [0.3, 0.4) is 0 Å². The third kappa shape index (κ3) is 18.0. The van der Waals surface area contributed by atoms with Crippen LogP contribution in [-0.2, 0) is 33.6 Å². The maximum atomic E-state index is 13.7. The molecule has 0 unspecified atom stereocenters. The standard InChI is InChI=1S/C36H68N10O8/c1-11-21(9)26(37)31(49)44-27(19(5)6)32(50)41-17-25(47)42-23(14-13-15-40-36(38)39)30(48)46-29(22(10)12-2)34(52)45-28(20(7)8)33(51)43-24(35(53)54)16-18(3)4/h18-24,26-29H,11-17,37H2,1-10H3,(H,41,50)(H,42,47)(H,43,51)(H,44,49)(H,45,52)(H,46,48)(H,53,54)(H4,38,39,40)/t21-,22-,23-,24-,26-,27-,28-,29-/m0/s1. The number of amides is 6. The molecule has 8 atom stereocenters. The number of carbonyl (C=O) groups is 7. The lowest BCUT2D eigenvalue weighted by molar-refractivity contribution is -0.143. The molecular weight excluding hydrogens is 700 g/mol. The molecule has 0 aromatic rings. The first-order valence-corrected chi connectivity index (χ1v) is 18.9. The van der Waals surface area contributed by atoms with E-state index in [-0.39, 0.29) is 49.5 Å². The normalized spacial score (nSPS) is 15.7. The van der Waals surface area contributed by atoms with Crippen LogP contribution in [0, 0.1) is 29.6 Å². The number of nitrogens with one attached hydrogen (secondary N) is 6. The number of nitrogens with two attached hydrogens (primary N) is 3. The Balaban J connectivity index is 6.04. The fourth-order valence-corrected chi connectivity index (χ4v) is 5.28. The van der Waals surface area contributed by atoms with E-state index in [1.165, 1.54) is 0 Å². The Morgan fingerprint density at radius 3 is 1.61 bits per heavy atom. The van der Waals surface area contributed by atoms with Crippen LogP contribution in [0.5, 0.6) is 0 Å². The van der Waals surface area contributed by atoms with Gasteiger partial charge in [0.1, 0.15) is 30.2 Å². The topological polar surface area (TPSA) is 302 Å². The quantitative estimate of drug-likeness (QED) is 0.0319. The van der Waals surface area contributed by atoms with Crippen molar-refractivity contribution < 1.29 is 38.7 Å². The maximum absolute atomic E-state index is 13.7. The number of aliphatic carboxylic acids is 1. The summed E-state index contributed by atoms with van der Waals surface area (Å²) < 4.78 is 0. The number of carbonyl (C=O) groups excluding carboxylic acids is 6. The van der Waals surface area contributed by atoms with Gasteiger partial charge in [0.25, 0.3) is 0 Å². The van der Waals surface area contributed by atoms with Crippen molar-refractivity contribution in [3.05, 3.63) is 0 Å². The highest BCUT2D eigenvalue weighted by Crippen LogP contribution is 2.13. The van der Waals surface area contributed by atoms with Crippen LogP contribution in [-0.4, -0.2) is 102 Å². The average molecular weight is 769 g/mol. The molecule has 13 N–H and O–H groups in total. The lowest BCUT2D eigenvalue weighted by atomic mass is 9.95. The summed E-state index contributed by atoms with van der Waals surface area (Å²) in [6.45, 7) is 17.4. The Morgan fingerprint density at radius 2 is 1.13 bits per heavy atom. The minimum atomic E-state index is -1.20. The van der Waals surface area contributed by atoms with Gasteiger partial charge in [-0.25, -0.2) is 4.79 Å². The average Bonchev–Trinajstić information content (AvgIpc) is 3.09. The Kier molecular flexibility index (Phi) is 22.7. The Morgan fingerprint density at radius 1 is 0.630 bits per heavy atom. The molecule has 18 heteroatoms. The van der Waals surface area contributed by atoms with Crippen molar-refractivity contribution in [1.29, 1.82) is 0 Å². The van der Waals surface area contributed by atoms with Crippen LogP contribution in [0.25, 0.3) is 0 Å². The molecule has 0 saturated heterocycles. The second-order valence-electron chi connectivity index (χ2n) is 15.1. The van der Waals surface area contributed by atoms with Crippen LogP contribution in [0.4, 0.5) is 0 Å². The fourth-order valence-electron chi connectivity index (χ4n) is 5.28. The second kappa shape index (κ2) is 24.8. The number of nitrogens with zero attached hydrogens (tertiary/aromatic N) is 1. The predicted octanol–water partition coefficient (Wildman–Crippen LogP) is -0.558. The van der Waals surface area contributed by atoms with E-state index in [9.17, 15) is 38.7 Å². The number of carboxylic acids is 1. The number of guanidine groups is 1. The van der Waals surface area contributed by atoms with Crippen LogP contribution in [0.15, 0.2) is 4.99 Å². The van der Waals surface area contributed by atoms with Gasteiger partial charge < -0.3 is 54.2 Å². The number of hydrogen-bond acceptors (Lipinski definition) is 9. The maximum Gasteiger partial charge on any atom is 0.326 e. The molecule has 0 aliphatic rings. The lowest BCUT2D eigenvalue weighted by Crippen LogP contribution is -2.60. The molecule has 0 aromatic heterocycles. The first kappa shape index (κ1) is 49.5. The fraction of sp³-hybridized carbons (Fsp3) is 0.778. The van der Waals surface area contributed by atoms with Crippen LogP contribution >= 0.6 is 0 Å². The summed E-state index contributed by atoms with van der Waals surface area (Å²) in [5.74, 6) is -6.56. The molecule has 0 bridgehead atoms. The number of carboxylic acid groups (broad SMARTS) is 1. The van der Waals surface area contributed by atoms with Gasteiger partial charge >= 0.3 is 5.97 Å². The molecule has 0 rings (SSSR count). The molecule has 0 heterocycles. The van der Waals surface area contributed by atoms with Crippen molar-refractivity contribution in [3.63, 3.8) is 0 Å². The van der Waals surface area contributed by atoms with Gasteiger partial charge in [-0.3, -0.25) is 33.8 Å². The van der Waals surface area contributed by atoms with Gasteiger partial charge in [-0.1, -0.05) is 82.1 Å². The first-order chi connectivity index (χ1) is 25.1. The SMILES string of the molecule is CC[C@H](C)[C@H](N)C(=O)N[C@H](C(=O)NCC(=O)N[C@@H](CCCN=C(N)N)C(=O)N[C@H](C(=O)N[C@H](C(=O)N[C@@H](CC(C)C)C(=O)O)C(C)C)[C@@H](C)CC)C(C)C. The third-order valence-electron chi connectivity index (χ3n) is 9.19. The highest BCUT2D eigenvalue weighted by molar-refractivity contribution is 5.96. The smallest absolute Gasteiger partial charge is 0.326 e. The Labute approximate surface area is 320 Å². The monoisotopic (exact) mass is 769 g/mol. The van der Waals surface area contributed by atoms with E-state index in [1.807, 2.05) is 34.6 Å². The second-order valence-corrected chi connectivity index (χ2v) is 15.1. The zero-order chi connectivity index (χ0) is 41.9. The van der Waals surface area contributed by atoms with Gasteiger partial charge in [0.05, 0.1) is 12.6 Å². The van der Waals surface area contributed by atoms with Crippen molar-refractivity contribution in [3.8, 4) is 0 Å². The summed E-state index contributed by atoms with van der Waals surface area (Å²) in [6, 6.07) is -6.39. The van der Waals surface area contributed by atoms with E-state index in [1.54, 1.807) is 34.6 Å². The molecule has 0 aliphatic carbocycles. The van der Waals surface area contributed by atoms with Gasteiger partial charge in [-0.05, 0) is 48.9 Å². The molecule has 54 heavy (non-hydrogen) atoms. The van der Waals surface area contributed by atoms with E-state index in [0.29, 0.717) is 12.8 Å². The molecule has 6 amide bonds. The molecule has 0 spiro atoms. The van der Waals surface area contributed by atoms with Gasteiger partial charge in [0.15, 0.2) is 5.96 Å². The van der Waals surface area contributed by atoms with E-state index in [2.05, 4.69) is 36.9 Å². The Bertz CT molecular complexity index is 1290. The highest BCUT2D eigenvalue weighted by atomic mass is 16.4. The van der Waals surface area contributed by atoms with Crippen LogP contribution < -0.4 is 49.1 Å². The largest absolute Gasteiger partial charge is 0.480 e. The molecule has 0 aliphatic heterocycles. The number of hydrogen-bond donors (Lipinski definition) is 10. The highest BCUT2D eigenvalue weighted by Gasteiger charge is 2.35. The first-order valence-electron chi connectivity index (χ1n) is 18.9. The minimum Gasteiger partial charge on any atom is -0.480 e. The molecule has 0 fully saturated rings. The minimum absolute atomic E-state index is 0.0175. The molecule has 0 saturated carbocycles. The van der Waals surface area contributed by atoms with Gasteiger partial charge in [0.2, 0.25) is 35.4 Å². The van der Waals surface area contributed by atoms with Crippen molar-refractivity contribution >= 4 is 47.4 Å². The van der Waals surface area contributed by atoms with Gasteiger partial charge in [-0.15, -0.1) is 0 Å². The van der Waals surface area contributed by atoms with E-state index in [0.717, 1.165) is 0 Å². The van der Waals surface area contributed by atoms with E-state index < -0.39 is 96.0 Å². The number of rotatable bonds is 25. The summed E-state index contributed by atoms with van der Waals surface area (Å²) in [4.78, 5) is 95.2. The summed E-state index contributed by atoms with van der Waals surface area (Å²) >= 11 is 0. The van der Waals surface area contributed by atoms with Crippen molar-refractivity contribution in [2.75, 3.05) is 13.1 Å². The summed E-state index contributed by atoms with van der Waals surface area (Å²) in [5, 5.41) is 25.3. The number of aliphatic imine (C=N–C) groups is 1. The summed E-state index contributed by atoms with van der Waals surface area (Å²) in [6.07, 6.45) is 1.62. The van der Waals surface area contributed by atoms with Gasteiger partial charge in [-0.2, -0.15) is 0 Å². The van der Waals surface area contributed by atoms with Crippen molar-refractivity contribution in [2.45, 2.75) is 138 Å². The molecule has 0 aromatic carbocycles. The zero-order valence-electron chi connectivity index (χ0n) is 33.8. The molecular formula is C36H68N10O8. The van der Waals surface area contributed by atoms with Crippen molar-refractivity contribution in [1.82, 2.24) is 31.9 Å². The van der Waals surface area contributed by atoms with Crippen molar-refractivity contribution in [2.24, 2.45) is 51.8 Å². The van der Waals surface area contributed by atoms with Crippen LogP contribution in [0.1, 0.15) is 101 Å². The third-order valence-corrected chi connectivity index (χ3v) is 9.19.